The van der Waals surface area contributed by atoms with Gasteiger partial charge in [0.2, 0.25) is 0 Å². The maximum atomic E-state index is 11.7. The van der Waals surface area contributed by atoms with E-state index in [0.29, 0.717) is 25.7 Å². The Hall–Kier alpha value is -1.48. The highest BCUT2D eigenvalue weighted by atomic mass is 16.5. The first-order chi connectivity index (χ1) is 13.6. The van der Waals surface area contributed by atoms with Gasteiger partial charge in [-0.2, -0.15) is 0 Å². The molecule has 2 aliphatic heterocycles. The summed E-state index contributed by atoms with van der Waals surface area (Å²) in [5.74, 6) is -2.20. The molecule has 0 aromatic heterocycles. The maximum Gasteiger partial charge on any atom is 0.332 e. The smallest absolute Gasteiger partial charge is 0.332 e. The van der Waals surface area contributed by atoms with E-state index < -0.39 is 11.9 Å². The van der Waals surface area contributed by atoms with Gasteiger partial charge in [0.1, 0.15) is 0 Å². The van der Waals surface area contributed by atoms with Crippen molar-refractivity contribution < 1.29 is 29.3 Å². The van der Waals surface area contributed by atoms with Crippen molar-refractivity contribution in [2.75, 3.05) is 65.7 Å². The van der Waals surface area contributed by atoms with Gasteiger partial charge in [-0.25, -0.2) is 9.59 Å². The predicted molar refractivity (Wildman–Crippen MR) is 105 cm³/mol. The zero-order valence-electron chi connectivity index (χ0n) is 16.7. The molecule has 0 aromatic carbocycles. The van der Waals surface area contributed by atoms with Crippen LogP contribution < -0.4 is 0 Å². The molecule has 0 unspecified atom stereocenters. The molecule has 28 heavy (non-hydrogen) atoms. The second-order valence-electron chi connectivity index (χ2n) is 7.39. The Kier molecular flexibility index (Phi) is 10.5. The van der Waals surface area contributed by atoms with E-state index >= 15 is 0 Å². The average Bonchev–Trinajstić information content (AvgIpc) is 2.70. The van der Waals surface area contributed by atoms with Crippen molar-refractivity contribution in [1.29, 1.82) is 0 Å². The maximum absolute atomic E-state index is 11.7. The van der Waals surface area contributed by atoms with Crippen LogP contribution in [0.3, 0.4) is 0 Å². The highest BCUT2D eigenvalue weighted by molar-refractivity contribution is 5.98. The van der Waals surface area contributed by atoms with Gasteiger partial charge in [0.05, 0.1) is 26.4 Å². The minimum atomic E-state index is -1.10. The summed E-state index contributed by atoms with van der Waals surface area (Å²) < 4.78 is 10.6. The molecule has 0 spiro atoms. The standard InChI is InChI=1S/C20H34N2O6/c23-19(24)17(5-1-3-7-21-9-13-27-14-10-21)18(20(25)26)6-2-4-8-22-11-15-28-16-12-22/h1-16H2,(H,23,24)(H,25,26)/b18-17+. The van der Waals surface area contributed by atoms with Gasteiger partial charge < -0.3 is 19.7 Å². The lowest BCUT2D eigenvalue weighted by Gasteiger charge is -2.26. The molecule has 2 fully saturated rings. The van der Waals surface area contributed by atoms with E-state index in [1.54, 1.807) is 0 Å². The molecule has 160 valence electrons. The van der Waals surface area contributed by atoms with Crippen molar-refractivity contribution in [1.82, 2.24) is 9.80 Å². The van der Waals surface area contributed by atoms with Crippen LogP contribution in [-0.2, 0) is 19.1 Å². The van der Waals surface area contributed by atoms with Crippen molar-refractivity contribution in [2.45, 2.75) is 38.5 Å². The number of hydrogen-bond donors (Lipinski definition) is 2. The Labute approximate surface area is 167 Å². The second kappa shape index (κ2) is 12.9. The summed E-state index contributed by atoms with van der Waals surface area (Å²) in [6.45, 7) is 8.41. The van der Waals surface area contributed by atoms with Crippen molar-refractivity contribution in [3.63, 3.8) is 0 Å². The first-order valence-electron chi connectivity index (χ1n) is 10.4. The third kappa shape index (κ3) is 8.26. The number of rotatable bonds is 12. The Morgan fingerprint density at radius 2 is 1.00 bits per heavy atom. The number of ether oxygens (including phenoxy) is 2. The predicted octanol–water partition coefficient (Wildman–Crippen LogP) is 1.46. The lowest BCUT2D eigenvalue weighted by atomic mass is 9.97. The number of aliphatic carboxylic acids is 2. The van der Waals surface area contributed by atoms with Gasteiger partial charge in [-0.3, -0.25) is 9.80 Å². The summed E-state index contributed by atoms with van der Waals surface area (Å²) >= 11 is 0. The molecule has 0 aliphatic carbocycles. The minimum Gasteiger partial charge on any atom is -0.478 e. The van der Waals surface area contributed by atoms with Gasteiger partial charge in [-0.1, -0.05) is 0 Å². The molecule has 2 aliphatic rings. The van der Waals surface area contributed by atoms with Crippen LogP contribution in [0.25, 0.3) is 0 Å². The van der Waals surface area contributed by atoms with E-state index in [1.165, 1.54) is 0 Å². The van der Waals surface area contributed by atoms with E-state index in [1.807, 2.05) is 0 Å². The molecule has 0 atom stereocenters. The highest BCUT2D eigenvalue weighted by Crippen LogP contribution is 2.19. The molecule has 2 saturated heterocycles. The van der Waals surface area contributed by atoms with Crippen molar-refractivity contribution in [2.24, 2.45) is 0 Å². The summed E-state index contributed by atoms with van der Waals surface area (Å²) in [5, 5.41) is 19.1. The summed E-state index contributed by atoms with van der Waals surface area (Å²) in [5.41, 5.74) is 0.140. The Balaban J connectivity index is 1.77. The summed E-state index contributed by atoms with van der Waals surface area (Å²) in [7, 11) is 0. The number of nitrogens with zero attached hydrogens (tertiary/aromatic N) is 2. The number of carboxylic acids is 2. The first-order valence-corrected chi connectivity index (χ1v) is 10.4. The molecule has 0 aromatic rings. The van der Waals surface area contributed by atoms with E-state index in [2.05, 4.69) is 9.80 Å². The number of hydrogen-bond acceptors (Lipinski definition) is 6. The van der Waals surface area contributed by atoms with Crippen molar-refractivity contribution in [3.8, 4) is 0 Å². The van der Waals surface area contributed by atoms with Gasteiger partial charge in [0.15, 0.2) is 0 Å². The van der Waals surface area contributed by atoms with Gasteiger partial charge >= 0.3 is 11.9 Å². The number of unbranched alkanes of at least 4 members (excludes halogenated alkanes) is 2. The van der Waals surface area contributed by atoms with Crippen molar-refractivity contribution >= 4 is 11.9 Å². The van der Waals surface area contributed by atoms with Gasteiger partial charge in [-0.15, -0.1) is 0 Å². The number of morpholine rings is 2. The monoisotopic (exact) mass is 398 g/mol. The fourth-order valence-electron chi connectivity index (χ4n) is 3.70. The Bertz CT molecular complexity index is 479. The van der Waals surface area contributed by atoms with Crippen molar-refractivity contribution in [3.05, 3.63) is 11.1 Å². The van der Waals surface area contributed by atoms with Crippen LogP contribution in [0, 0.1) is 0 Å². The minimum absolute atomic E-state index is 0.0702. The third-order valence-electron chi connectivity index (χ3n) is 5.39. The van der Waals surface area contributed by atoms with Crippen LogP contribution in [0.15, 0.2) is 11.1 Å². The zero-order chi connectivity index (χ0) is 20.2. The molecule has 0 saturated carbocycles. The van der Waals surface area contributed by atoms with E-state index in [0.717, 1.165) is 78.5 Å². The molecule has 8 nitrogen and oxygen atoms in total. The molecule has 0 radical (unpaired) electrons. The van der Waals surface area contributed by atoms with Crippen LogP contribution >= 0.6 is 0 Å². The van der Waals surface area contributed by atoms with E-state index in [9.17, 15) is 19.8 Å². The largest absolute Gasteiger partial charge is 0.478 e. The van der Waals surface area contributed by atoms with E-state index in [4.69, 9.17) is 9.47 Å². The Morgan fingerprint density at radius 1 is 0.643 bits per heavy atom. The van der Waals surface area contributed by atoms with Crippen LogP contribution in [-0.4, -0.2) is 97.6 Å². The highest BCUT2D eigenvalue weighted by Gasteiger charge is 2.20. The first kappa shape index (κ1) is 22.8. The van der Waals surface area contributed by atoms with Crippen LogP contribution in [0.1, 0.15) is 38.5 Å². The molecule has 2 heterocycles. The molecular weight excluding hydrogens is 364 g/mol. The van der Waals surface area contributed by atoms with Gasteiger partial charge in [0.25, 0.3) is 0 Å². The quantitative estimate of drug-likeness (QED) is 0.376. The van der Waals surface area contributed by atoms with Gasteiger partial charge in [0, 0.05) is 37.3 Å². The SMILES string of the molecule is O=C(O)/C(CCCCN1CCOCC1)=C(\CCCCN1CCOCC1)C(=O)O. The molecular formula is C20H34N2O6. The fourth-order valence-corrected chi connectivity index (χ4v) is 3.70. The Morgan fingerprint density at radius 3 is 1.32 bits per heavy atom. The summed E-state index contributed by atoms with van der Waals surface area (Å²) in [6.07, 6.45) is 3.71. The molecule has 2 rings (SSSR count). The molecule has 8 heteroatoms. The lowest BCUT2D eigenvalue weighted by Crippen LogP contribution is -2.36. The molecule has 0 bridgehead atoms. The fraction of sp³-hybridized carbons (Fsp3) is 0.800. The van der Waals surface area contributed by atoms with Crippen LogP contribution in [0.4, 0.5) is 0 Å². The molecule has 2 N–H and O–H groups in total. The zero-order valence-corrected chi connectivity index (χ0v) is 16.7. The topological polar surface area (TPSA) is 99.5 Å². The summed E-state index contributed by atoms with van der Waals surface area (Å²) in [4.78, 5) is 27.9. The third-order valence-corrected chi connectivity index (χ3v) is 5.39. The normalized spacial score (nSPS) is 20.0. The van der Waals surface area contributed by atoms with Gasteiger partial charge in [-0.05, 0) is 51.6 Å². The average molecular weight is 399 g/mol. The summed E-state index contributed by atoms with van der Waals surface area (Å²) in [6, 6.07) is 0. The second-order valence-corrected chi connectivity index (χ2v) is 7.39. The van der Waals surface area contributed by atoms with Crippen LogP contribution in [0.2, 0.25) is 0 Å². The lowest BCUT2D eigenvalue weighted by molar-refractivity contribution is -0.136. The number of carboxylic acid groups (broad SMARTS) is 2. The number of carbonyl (C=O) groups is 2. The van der Waals surface area contributed by atoms with Crippen LogP contribution in [0.5, 0.6) is 0 Å². The van der Waals surface area contributed by atoms with E-state index in [-0.39, 0.29) is 11.1 Å². The molecule has 0 amide bonds.